The van der Waals surface area contributed by atoms with Crippen LogP contribution in [0.3, 0.4) is 0 Å². The summed E-state index contributed by atoms with van der Waals surface area (Å²) in [5.74, 6) is -1.68. The predicted molar refractivity (Wildman–Crippen MR) is 128 cm³/mol. The van der Waals surface area contributed by atoms with Gasteiger partial charge < -0.3 is 15.0 Å². The highest BCUT2D eigenvalue weighted by molar-refractivity contribution is 7.92. The molecule has 10 heteroatoms. The lowest BCUT2D eigenvalue weighted by molar-refractivity contribution is 0.0695. The summed E-state index contributed by atoms with van der Waals surface area (Å²) < 4.78 is 28.1. The van der Waals surface area contributed by atoms with E-state index in [0.29, 0.717) is 11.1 Å². The van der Waals surface area contributed by atoms with Gasteiger partial charge in [-0.3, -0.25) is 14.3 Å². The average Bonchev–Trinajstić information content (AvgIpc) is 2.83. The Morgan fingerprint density at radius 1 is 0.971 bits per heavy atom. The molecule has 0 aliphatic carbocycles. The number of anilines is 2. The van der Waals surface area contributed by atoms with Crippen molar-refractivity contribution in [3.05, 3.63) is 100 Å². The molecule has 0 saturated heterocycles. The van der Waals surface area contributed by atoms with Crippen LogP contribution in [0.4, 0.5) is 11.4 Å². The van der Waals surface area contributed by atoms with Crippen LogP contribution >= 0.6 is 0 Å². The van der Waals surface area contributed by atoms with Gasteiger partial charge in [0, 0.05) is 41.1 Å². The average molecular weight is 477 g/mol. The number of H-pyrrole nitrogens is 1. The molecular weight excluding hydrogens is 458 g/mol. The number of nitrogens with one attached hydrogen (secondary N) is 2. The molecule has 0 saturated carbocycles. The van der Waals surface area contributed by atoms with E-state index >= 15 is 0 Å². The first kappa shape index (κ1) is 22.7. The number of carbonyl (C=O) groups excluding carboxylic acids is 1. The van der Waals surface area contributed by atoms with E-state index in [1.165, 1.54) is 41.3 Å². The zero-order valence-electron chi connectivity index (χ0n) is 17.8. The quantitative estimate of drug-likeness (QED) is 0.390. The normalized spacial score (nSPS) is 11.2. The Morgan fingerprint density at radius 3 is 2.29 bits per heavy atom. The van der Waals surface area contributed by atoms with Crippen LogP contribution < -0.4 is 15.1 Å². The molecule has 1 amide bonds. The summed E-state index contributed by atoms with van der Waals surface area (Å²) >= 11 is 0. The SMILES string of the molecule is CN(C(=O)c1ccc(NS(=O)(=O)c2ccc3[nH]cc(C(=O)O)c(=O)c3c2)cc1)c1ccccc1. The molecule has 3 aromatic carbocycles. The lowest BCUT2D eigenvalue weighted by Gasteiger charge is -2.17. The van der Waals surface area contributed by atoms with Crippen LogP contribution in [0.15, 0.2) is 88.7 Å². The van der Waals surface area contributed by atoms with Gasteiger partial charge in [-0.15, -0.1) is 0 Å². The van der Waals surface area contributed by atoms with Crippen molar-refractivity contribution in [1.29, 1.82) is 0 Å². The molecule has 0 atom stereocenters. The number of aromatic amines is 1. The van der Waals surface area contributed by atoms with Gasteiger partial charge in [0.15, 0.2) is 0 Å². The molecule has 0 fully saturated rings. The van der Waals surface area contributed by atoms with Crippen LogP contribution in [0.5, 0.6) is 0 Å². The fraction of sp³-hybridized carbons (Fsp3) is 0.0417. The van der Waals surface area contributed by atoms with Crippen molar-refractivity contribution in [1.82, 2.24) is 4.98 Å². The van der Waals surface area contributed by atoms with E-state index in [4.69, 9.17) is 5.11 Å². The third kappa shape index (κ3) is 4.39. The predicted octanol–water partition coefficient (Wildman–Crippen LogP) is 3.30. The van der Waals surface area contributed by atoms with Gasteiger partial charge in [0.05, 0.1) is 4.90 Å². The molecule has 0 spiro atoms. The minimum Gasteiger partial charge on any atom is -0.477 e. The van der Waals surface area contributed by atoms with Gasteiger partial charge in [-0.2, -0.15) is 0 Å². The van der Waals surface area contributed by atoms with Crippen molar-refractivity contribution in [3.63, 3.8) is 0 Å². The molecule has 0 aliphatic rings. The molecule has 4 aromatic rings. The van der Waals surface area contributed by atoms with Crippen molar-refractivity contribution in [2.75, 3.05) is 16.7 Å². The van der Waals surface area contributed by atoms with E-state index in [2.05, 4.69) is 9.71 Å². The van der Waals surface area contributed by atoms with Gasteiger partial charge in [0.1, 0.15) is 5.56 Å². The largest absolute Gasteiger partial charge is 0.477 e. The molecule has 0 unspecified atom stereocenters. The lowest BCUT2D eigenvalue weighted by atomic mass is 10.1. The van der Waals surface area contributed by atoms with E-state index in [-0.39, 0.29) is 21.9 Å². The Kier molecular flexibility index (Phi) is 5.91. The van der Waals surface area contributed by atoms with Crippen LogP contribution in [-0.2, 0) is 10.0 Å². The van der Waals surface area contributed by atoms with E-state index in [1.807, 2.05) is 18.2 Å². The summed E-state index contributed by atoms with van der Waals surface area (Å²) in [6, 6.07) is 18.8. The number of fused-ring (bicyclic) bond motifs is 1. The van der Waals surface area contributed by atoms with Crippen molar-refractivity contribution < 1.29 is 23.1 Å². The number of carboxylic acids is 1. The van der Waals surface area contributed by atoms with E-state index in [1.54, 1.807) is 19.2 Å². The van der Waals surface area contributed by atoms with Crippen LogP contribution in [0, 0.1) is 0 Å². The first-order valence-corrected chi connectivity index (χ1v) is 11.5. The van der Waals surface area contributed by atoms with Gasteiger partial charge in [0.25, 0.3) is 15.9 Å². The third-order valence-corrected chi connectivity index (χ3v) is 6.60. The molecule has 9 nitrogen and oxygen atoms in total. The molecule has 4 rings (SSSR count). The third-order valence-electron chi connectivity index (χ3n) is 5.23. The number of pyridine rings is 1. The van der Waals surface area contributed by atoms with Crippen LogP contribution in [0.25, 0.3) is 10.9 Å². The molecule has 0 radical (unpaired) electrons. The Hall–Kier alpha value is -4.44. The highest BCUT2D eigenvalue weighted by Gasteiger charge is 2.19. The van der Waals surface area contributed by atoms with E-state index in [9.17, 15) is 22.8 Å². The van der Waals surface area contributed by atoms with Crippen molar-refractivity contribution in [2.45, 2.75) is 4.90 Å². The van der Waals surface area contributed by atoms with Crippen LogP contribution in [0.2, 0.25) is 0 Å². The highest BCUT2D eigenvalue weighted by Crippen LogP contribution is 2.21. The van der Waals surface area contributed by atoms with Crippen molar-refractivity contribution in [2.24, 2.45) is 0 Å². The topological polar surface area (TPSA) is 137 Å². The minimum absolute atomic E-state index is 0.0623. The van der Waals surface area contributed by atoms with Gasteiger partial charge in [-0.1, -0.05) is 18.2 Å². The summed E-state index contributed by atoms with van der Waals surface area (Å²) in [6.45, 7) is 0. The van der Waals surface area contributed by atoms with Gasteiger partial charge in [-0.05, 0) is 54.6 Å². The summed E-state index contributed by atoms with van der Waals surface area (Å²) in [5, 5.41) is 9.07. The van der Waals surface area contributed by atoms with Crippen molar-refractivity contribution in [3.8, 4) is 0 Å². The molecule has 3 N–H and O–H groups in total. The standard InChI is InChI=1S/C24H19N3O6S/c1-27(17-5-3-2-4-6-17)23(29)15-7-9-16(10-8-15)26-34(32,33)18-11-12-21-19(13-18)22(28)20(14-25-21)24(30)31/h2-14,26H,1H3,(H,25,28)(H,30,31). The number of aromatic nitrogens is 1. The molecular formula is C24H19N3O6S. The summed E-state index contributed by atoms with van der Waals surface area (Å²) in [7, 11) is -2.45. The molecule has 0 aliphatic heterocycles. The Bertz CT molecular complexity index is 1560. The van der Waals surface area contributed by atoms with E-state index < -0.39 is 27.0 Å². The Balaban J connectivity index is 1.58. The number of rotatable bonds is 6. The minimum atomic E-state index is -4.09. The molecule has 0 bridgehead atoms. The second-order valence-electron chi connectivity index (χ2n) is 7.43. The van der Waals surface area contributed by atoms with Gasteiger partial charge in [0.2, 0.25) is 5.43 Å². The maximum Gasteiger partial charge on any atom is 0.341 e. The summed E-state index contributed by atoms with van der Waals surface area (Å²) in [6.07, 6.45) is 1.07. The second-order valence-corrected chi connectivity index (χ2v) is 9.11. The molecule has 1 aromatic heterocycles. The number of benzene rings is 3. The molecule has 34 heavy (non-hydrogen) atoms. The van der Waals surface area contributed by atoms with Gasteiger partial charge >= 0.3 is 5.97 Å². The number of carboxylic acid groups (broad SMARTS) is 1. The zero-order chi connectivity index (χ0) is 24.5. The number of aromatic carboxylic acids is 1. The molecule has 172 valence electrons. The maximum atomic E-state index is 12.9. The fourth-order valence-electron chi connectivity index (χ4n) is 3.38. The van der Waals surface area contributed by atoms with Crippen LogP contribution in [0.1, 0.15) is 20.7 Å². The number of carbonyl (C=O) groups is 2. The lowest BCUT2D eigenvalue weighted by Crippen LogP contribution is -2.26. The number of nitrogens with zero attached hydrogens (tertiary/aromatic N) is 1. The van der Waals surface area contributed by atoms with Crippen LogP contribution in [-0.4, -0.2) is 37.4 Å². The zero-order valence-corrected chi connectivity index (χ0v) is 18.7. The smallest absolute Gasteiger partial charge is 0.341 e. The van der Waals surface area contributed by atoms with Crippen molar-refractivity contribution >= 4 is 44.2 Å². The summed E-state index contributed by atoms with van der Waals surface area (Å²) in [4.78, 5) is 40.3. The number of hydrogen-bond acceptors (Lipinski definition) is 5. The summed E-state index contributed by atoms with van der Waals surface area (Å²) in [5.41, 5.74) is 0.327. The van der Waals surface area contributed by atoms with Gasteiger partial charge in [-0.25, -0.2) is 13.2 Å². The highest BCUT2D eigenvalue weighted by atomic mass is 32.2. The monoisotopic (exact) mass is 477 g/mol. The second kappa shape index (κ2) is 8.83. The molecule has 1 heterocycles. The number of amides is 1. The Morgan fingerprint density at radius 2 is 1.65 bits per heavy atom. The Labute approximate surface area is 194 Å². The number of para-hydroxylation sites is 1. The number of sulfonamides is 1. The fourth-order valence-corrected chi connectivity index (χ4v) is 4.47. The van der Waals surface area contributed by atoms with E-state index in [0.717, 1.165) is 18.0 Å². The first-order valence-electron chi connectivity index (χ1n) is 10.0. The first-order chi connectivity index (χ1) is 16.2. The maximum absolute atomic E-state index is 12.9. The number of hydrogen-bond donors (Lipinski definition) is 3.